The summed E-state index contributed by atoms with van der Waals surface area (Å²) in [6.07, 6.45) is 3.43. The molecule has 1 saturated heterocycles. The van der Waals surface area contributed by atoms with Crippen molar-refractivity contribution >= 4 is 0 Å². The van der Waals surface area contributed by atoms with Gasteiger partial charge in [-0.25, -0.2) is 0 Å². The molecule has 1 N–H and O–H groups in total. The van der Waals surface area contributed by atoms with Crippen molar-refractivity contribution in [1.29, 1.82) is 0 Å². The van der Waals surface area contributed by atoms with E-state index in [9.17, 15) is 0 Å². The van der Waals surface area contributed by atoms with E-state index < -0.39 is 0 Å². The molecule has 2 atom stereocenters. The lowest BCUT2D eigenvalue weighted by atomic mass is 9.90. The lowest BCUT2D eigenvalue weighted by molar-refractivity contribution is -0.0779. The van der Waals surface area contributed by atoms with Gasteiger partial charge in [0.1, 0.15) is 0 Å². The predicted molar refractivity (Wildman–Crippen MR) is 73.5 cm³/mol. The average molecular weight is 242 g/mol. The fourth-order valence-electron chi connectivity index (χ4n) is 2.52. The van der Waals surface area contributed by atoms with Crippen molar-refractivity contribution in [1.82, 2.24) is 10.2 Å². The number of ether oxygens (including phenoxy) is 1. The SMILES string of the molecule is CCN(CC)CCNC1CCOC(C)(CC)C1. The number of hydrogen-bond acceptors (Lipinski definition) is 3. The zero-order chi connectivity index (χ0) is 12.7. The first-order valence-corrected chi connectivity index (χ1v) is 7.23. The van der Waals surface area contributed by atoms with Gasteiger partial charge in [0.25, 0.3) is 0 Å². The van der Waals surface area contributed by atoms with Gasteiger partial charge in [-0.1, -0.05) is 20.8 Å². The molecule has 1 fully saturated rings. The van der Waals surface area contributed by atoms with E-state index in [0.29, 0.717) is 6.04 Å². The number of hydrogen-bond donors (Lipinski definition) is 1. The zero-order valence-electron chi connectivity index (χ0n) is 12.1. The molecule has 1 heterocycles. The molecule has 1 aliphatic rings. The van der Waals surface area contributed by atoms with Crippen molar-refractivity contribution < 1.29 is 4.74 Å². The first-order valence-electron chi connectivity index (χ1n) is 7.23. The Morgan fingerprint density at radius 3 is 2.59 bits per heavy atom. The summed E-state index contributed by atoms with van der Waals surface area (Å²) in [6, 6.07) is 0.643. The molecule has 1 rings (SSSR count). The molecule has 0 radical (unpaired) electrons. The van der Waals surface area contributed by atoms with Crippen LogP contribution >= 0.6 is 0 Å². The normalized spacial score (nSPS) is 29.8. The number of nitrogens with one attached hydrogen (secondary N) is 1. The van der Waals surface area contributed by atoms with Gasteiger partial charge in [0.05, 0.1) is 5.60 Å². The summed E-state index contributed by atoms with van der Waals surface area (Å²) in [5.74, 6) is 0. The van der Waals surface area contributed by atoms with Crippen molar-refractivity contribution in [2.75, 3.05) is 32.8 Å². The van der Waals surface area contributed by atoms with Crippen LogP contribution in [0.4, 0.5) is 0 Å². The summed E-state index contributed by atoms with van der Waals surface area (Å²) in [5, 5.41) is 3.69. The first-order chi connectivity index (χ1) is 8.13. The van der Waals surface area contributed by atoms with Gasteiger partial charge < -0.3 is 15.0 Å². The van der Waals surface area contributed by atoms with E-state index in [4.69, 9.17) is 4.74 Å². The number of nitrogens with zero attached hydrogens (tertiary/aromatic N) is 1. The minimum absolute atomic E-state index is 0.102. The fourth-order valence-corrected chi connectivity index (χ4v) is 2.52. The van der Waals surface area contributed by atoms with Crippen molar-refractivity contribution in [3.63, 3.8) is 0 Å². The van der Waals surface area contributed by atoms with Gasteiger partial charge in [-0.05, 0) is 39.3 Å². The van der Waals surface area contributed by atoms with Crippen molar-refractivity contribution in [3.8, 4) is 0 Å². The summed E-state index contributed by atoms with van der Waals surface area (Å²) in [7, 11) is 0. The molecule has 0 aromatic carbocycles. The molecule has 17 heavy (non-hydrogen) atoms. The third-order valence-electron chi connectivity index (χ3n) is 4.10. The van der Waals surface area contributed by atoms with Crippen LogP contribution in [-0.2, 0) is 4.74 Å². The molecular weight excluding hydrogens is 212 g/mol. The van der Waals surface area contributed by atoms with E-state index in [1.807, 2.05) is 0 Å². The number of likely N-dealkylation sites (N-methyl/N-ethyl adjacent to an activating group) is 1. The molecular formula is C14H30N2O. The van der Waals surface area contributed by atoms with Crippen LogP contribution in [0.5, 0.6) is 0 Å². The van der Waals surface area contributed by atoms with E-state index in [1.165, 1.54) is 0 Å². The monoisotopic (exact) mass is 242 g/mol. The molecule has 0 bridgehead atoms. The molecule has 0 spiro atoms. The van der Waals surface area contributed by atoms with Gasteiger partial charge in [-0.2, -0.15) is 0 Å². The van der Waals surface area contributed by atoms with E-state index >= 15 is 0 Å². The zero-order valence-corrected chi connectivity index (χ0v) is 12.1. The molecule has 3 heteroatoms. The van der Waals surface area contributed by atoms with Crippen LogP contribution < -0.4 is 5.32 Å². The highest BCUT2D eigenvalue weighted by atomic mass is 16.5. The van der Waals surface area contributed by atoms with Crippen LogP contribution in [0.1, 0.15) is 47.0 Å². The summed E-state index contributed by atoms with van der Waals surface area (Å²) in [4.78, 5) is 2.46. The lowest BCUT2D eigenvalue weighted by Crippen LogP contribution is -2.46. The van der Waals surface area contributed by atoms with E-state index in [0.717, 1.165) is 52.0 Å². The Morgan fingerprint density at radius 1 is 1.29 bits per heavy atom. The van der Waals surface area contributed by atoms with Gasteiger partial charge in [-0.3, -0.25) is 0 Å². The van der Waals surface area contributed by atoms with E-state index in [2.05, 4.69) is 37.9 Å². The summed E-state index contributed by atoms with van der Waals surface area (Å²) >= 11 is 0. The Morgan fingerprint density at radius 2 is 2.00 bits per heavy atom. The molecule has 102 valence electrons. The molecule has 0 saturated carbocycles. The molecule has 0 amide bonds. The maximum atomic E-state index is 5.86. The minimum atomic E-state index is 0.102. The van der Waals surface area contributed by atoms with Gasteiger partial charge in [0.2, 0.25) is 0 Å². The molecule has 2 unspecified atom stereocenters. The highest BCUT2D eigenvalue weighted by Gasteiger charge is 2.31. The molecule has 0 aromatic rings. The number of rotatable bonds is 7. The smallest absolute Gasteiger partial charge is 0.0666 e. The Balaban J connectivity index is 2.23. The Kier molecular flexibility index (Phi) is 6.45. The summed E-state index contributed by atoms with van der Waals surface area (Å²) < 4.78 is 5.86. The van der Waals surface area contributed by atoms with Crippen LogP contribution in [0, 0.1) is 0 Å². The van der Waals surface area contributed by atoms with Gasteiger partial charge in [0.15, 0.2) is 0 Å². The van der Waals surface area contributed by atoms with E-state index in [-0.39, 0.29) is 5.60 Å². The van der Waals surface area contributed by atoms with Crippen molar-refractivity contribution in [2.45, 2.75) is 58.6 Å². The lowest BCUT2D eigenvalue weighted by Gasteiger charge is -2.38. The Hall–Kier alpha value is -0.120. The molecule has 1 aliphatic heterocycles. The Bertz CT molecular complexity index is 206. The van der Waals surface area contributed by atoms with Crippen LogP contribution in [0.3, 0.4) is 0 Å². The molecule has 0 aliphatic carbocycles. The highest BCUT2D eigenvalue weighted by Crippen LogP contribution is 2.27. The van der Waals surface area contributed by atoms with Crippen molar-refractivity contribution in [2.24, 2.45) is 0 Å². The Labute approximate surface area is 107 Å². The average Bonchev–Trinajstić information content (AvgIpc) is 2.35. The van der Waals surface area contributed by atoms with Gasteiger partial charge in [-0.15, -0.1) is 0 Å². The summed E-state index contributed by atoms with van der Waals surface area (Å²) in [5.41, 5.74) is 0.102. The second-order valence-electron chi connectivity index (χ2n) is 5.32. The fraction of sp³-hybridized carbons (Fsp3) is 1.00. The third kappa shape index (κ3) is 4.94. The topological polar surface area (TPSA) is 24.5 Å². The standard InChI is InChI=1S/C14H30N2O/c1-5-14(4)12-13(8-11-17-14)15-9-10-16(6-2)7-3/h13,15H,5-12H2,1-4H3. The largest absolute Gasteiger partial charge is 0.375 e. The highest BCUT2D eigenvalue weighted by molar-refractivity contribution is 4.85. The molecule has 3 nitrogen and oxygen atoms in total. The van der Waals surface area contributed by atoms with Gasteiger partial charge in [0, 0.05) is 25.7 Å². The third-order valence-corrected chi connectivity index (χ3v) is 4.10. The maximum Gasteiger partial charge on any atom is 0.0666 e. The maximum absolute atomic E-state index is 5.86. The second kappa shape index (κ2) is 7.34. The first kappa shape index (κ1) is 14.9. The van der Waals surface area contributed by atoms with Gasteiger partial charge >= 0.3 is 0 Å². The summed E-state index contributed by atoms with van der Waals surface area (Å²) in [6.45, 7) is 14.4. The van der Waals surface area contributed by atoms with Crippen molar-refractivity contribution in [3.05, 3.63) is 0 Å². The molecule has 0 aromatic heterocycles. The predicted octanol–water partition coefficient (Wildman–Crippen LogP) is 2.27. The van der Waals surface area contributed by atoms with Crippen LogP contribution in [0.2, 0.25) is 0 Å². The van der Waals surface area contributed by atoms with Crippen LogP contribution in [0.25, 0.3) is 0 Å². The quantitative estimate of drug-likeness (QED) is 0.741. The van der Waals surface area contributed by atoms with Crippen LogP contribution in [0.15, 0.2) is 0 Å². The second-order valence-corrected chi connectivity index (χ2v) is 5.32. The minimum Gasteiger partial charge on any atom is -0.375 e. The van der Waals surface area contributed by atoms with Crippen LogP contribution in [-0.4, -0.2) is 49.3 Å². The van der Waals surface area contributed by atoms with E-state index in [1.54, 1.807) is 0 Å².